The summed E-state index contributed by atoms with van der Waals surface area (Å²) in [6, 6.07) is 11.3. The van der Waals surface area contributed by atoms with E-state index in [0.717, 1.165) is 28.6 Å². The number of ketones is 1. The Morgan fingerprint density at radius 1 is 0.977 bits per heavy atom. The molecule has 1 aliphatic heterocycles. The number of nitrogens with zero attached hydrogens (tertiary/aromatic N) is 4. The number of nitrogens with one attached hydrogen (secondary N) is 1. The first-order chi connectivity index (χ1) is 20.6. The second kappa shape index (κ2) is 12.1. The molecule has 43 heavy (non-hydrogen) atoms. The summed E-state index contributed by atoms with van der Waals surface area (Å²) in [5, 5.41) is 1.76. The number of hydrogen-bond donors (Lipinski definition) is 1. The van der Waals surface area contributed by atoms with E-state index in [1.54, 1.807) is 11.1 Å². The summed E-state index contributed by atoms with van der Waals surface area (Å²) in [5.41, 5.74) is 1.83. The molecule has 0 unspecified atom stereocenters. The number of benzene rings is 2. The fourth-order valence-corrected chi connectivity index (χ4v) is 5.88. The molecule has 0 aliphatic carbocycles. The van der Waals surface area contributed by atoms with Gasteiger partial charge in [0.15, 0.2) is 5.78 Å². The summed E-state index contributed by atoms with van der Waals surface area (Å²) >= 11 is 0. The number of methoxy groups -OCH3 is 1. The molecule has 0 radical (unpaired) electrons. The molecule has 0 atom stereocenters. The Kier molecular flexibility index (Phi) is 8.35. The van der Waals surface area contributed by atoms with Crippen LogP contribution in [-0.4, -0.2) is 68.3 Å². The van der Waals surface area contributed by atoms with E-state index in [1.807, 2.05) is 24.3 Å². The van der Waals surface area contributed by atoms with Crippen LogP contribution in [0.5, 0.6) is 5.88 Å². The second-order valence-electron chi connectivity index (χ2n) is 9.79. The first kappa shape index (κ1) is 29.6. The van der Waals surface area contributed by atoms with Crippen LogP contribution in [0.3, 0.4) is 0 Å². The first-order valence-corrected chi connectivity index (χ1v) is 14.7. The molecule has 0 saturated carbocycles. The topological polar surface area (TPSA) is 122 Å². The predicted molar refractivity (Wildman–Crippen MR) is 157 cm³/mol. The fourth-order valence-electron chi connectivity index (χ4n) is 4.77. The molecular formula is C30H27F2N5O5S. The number of ether oxygens (including phenoxy) is 1. The van der Waals surface area contributed by atoms with E-state index in [4.69, 9.17) is 4.74 Å². The van der Waals surface area contributed by atoms with Gasteiger partial charge in [0, 0.05) is 72.7 Å². The Hall–Kier alpha value is -4.91. The van der Waals surface area contributed by atoms with Crippen LogP contribution in [0, 0.1) is 11.6 Å². The lowest BCUT2D eigenvalue weighted by Gasteiger charge is -2.36. The molecule has 2 aromatic carbocycles. The lowest BCUT2D eigenvalue weighted by molar-refractivity contribution is -0.126. The fraction of sp³-hybridized carbons (Fsp3) is 0.200. The molecule has 1 aliphatic rings. The minimum atomic E-state index is -4.45. The van der Waals surface area contributed by atoms with Gasteiger partial charge in [0.2, 0.25) is 11.8 Å². The highest BCUT2D eigenvalue weighted by molar-refractivity contribution is 7.92. The van der Waals surface area contributed by atoms with Crippen molar-refractivity contribution in [2.45, 2.75) is 11.8 Å². The van der Waals surface area contributed by atoms with E-state index in [1.165, 1.54) is 38.4 Å². The predicted octanol–water partition coefficient (Wildman–Crippen LogP) is 4.18. The molecule has 13 heteroatoms. The largest absolute Gasteiger partial charge is 0.480 e. The number of sulfonamides is 1. The number of anilines is 2. The maximum absolute atomic E-state index is 14.3. The van der Waals surface area contributed by atoms with Crippen LogP contribution in [0.4, 0.5) is 20.2 Å². The molecule has 222 valence electrons. The van der Waals surface area contributed by atoms with Crippen molar-refractivity contribution in [2.24, 2.45) is 0 Å². The Bertz CT molecular complexity index is 1860. The van der Waals surface area contributed by atoms with E-state index < -0.39 is 26.6 Å². The van der Waals surface area contributed by atoms with Crippen molar-refractivity contribution >= 4 is 43.9 Å². The minimum Gasteiger partial charge on any atom is -0.480 e. The number of piperazine rings is 1. The van der Waals surface area contributed by atoms with Crippen molar-refractivity contribution in [2.75, 3.05) is 42.9 Å². The molecule has 5 rings (SSSR count). The van der Waals surface area contributed by atoms with E-state index in [9.17, 15) is 26.8 Å². The van der Waals surface area contributed by atoms with Gasteiger partial charge < -0.3 is 14.5 Å². The molecule has 1 fully saturated rings. The molecular weight excluding hydrogens is 580 g/mol. The number of aromatic nitrogens is 2. The second-order valence-corrected chi connectivity index (χ2v) is 11.4. The quantitative estimate of drug-likeness (QED) is 0.296. The van der Waals surface area contributed by atoms with Crippen LogP contribution in [0.2, 0.25) is 0 Å². The van der Waals surface area contributed by atoms with E-state index in [2.05, 4.69) is 19.6 Å². The highest BCUT2D eigenvalue weighted by Crippen LogP contribution is 2.34. The molecule has 1 N–H and O–H groups in total. The molecule has 3 heterocycles. The number of halogens is 2. The highest BCUT2D eigenvalue weighted by atomic mass is 32.2. The SMILES string of the molecule is COc1ncc(-c2cc3c(N4CCN(C(=O)/C=C/C(C)=O)CC4)cccc3cn2)cc1NS(=O)(=O)c1ccc(F)cc1F. The lowest BCUT2D eigenvalue weighted by atomic mass is 10.1. The molecule has 1 saturated heterocycles. The van der Waals surface area contributed by atoms with Crippen molar-refractivity contribution < 1.29 is 31.5 Å². The Balaban J connectivity index is 1.43. The third-order valence-electron chi connectivity index (χ3n) is 6.90. The number of carbonyl (C=O) groups excluding carboxylic acids is 2. The smallest absolute Gasteiger partial charge is 0.264 e. The number of amides is 1. The number of rotatable bonds is 8. The number of fused-ring (bicyclic) bond motifs is 1. The average molecular weight is 608 g/mol. The normalized spacial score (nSPS) is 13.9. The molecule has 2 aromatic heterocycles. The van der Waals surface area contributed by atoms with Crippen molar-refractivity contribution in [3.05, 3.63) is 84.7 Å². The molecule has 10 nitrogen and oxygen atoms in total. The summed E-state index contributed by atoms with van der Waals surface area (Å²) in [5.74, 6) is -2.60. The zero-order valence-electron chi connectivity index (χ0n) is 23.3. The molecule has 4 aromatic rings. The number of pyridine rings is 2. The maximum Gasteiger partial charge on any atom is 0.264 e. The molecule has 0 spiro atoms. The van der Waals surface area contributed by atoms with Gasteiger partial charge in [-0.05, 0) is 43.3 Å². The highest BCUT2D eigenvalue weighted by Gasteiger charge is 2.24. The van der Waals surface area contributed by atoms with Gasteiger partial charge >= 0.3 is 0 Å². The summed E-state index contributed by atoms with van der Waals surface area (Å²) in [6.45, 7) is 3.51. The molecule has 0 bridgehead atoms. The molecule has 1 amide bonds. The van der Waals surface area contributed by atoms with Gasteiger partial charge in [0.05, 0.1) is 12.8 Å². The van der Waals surface area contributed by atoms with Gasteiger partial charge in [-0.15, -0.1) is 0 Å². The van der Waals surface area contributed by atoms with Gasteiger partial charge in [-0.25, -0.2) is 22.2 Å². The number of allylic oxidation sites excluding steroid dienone is 1. The number of hydrogen-bond acceptors (Lipinski definition) is 8. The Morgan fingerprint density at radius 2 is 1.74 bits per heavy atom. The maximum atomic E-state index is 14.3. The van der Waals surface area contributed by atoms with Gasteiger partial charge in [-0.1, -0.05) is 12.1 Å². The van der Waals surface area contributed by atoms with E-state index >= 15 is 0 Å². The zero-order chi connectivity index (χ0) is 30.7. The van der Waals surface area contributed by atoms with Crippen molar-refractivity contribution in [3.63, 3.8) is 0 Å². The monoisotopic (exact) mass is 607 g/mol. The Labute approximate surface area is 246 Å². The lowest BCUT2D eigenvalue weighted by Crippen LogP contribution is -2.48. The zero-order valence-corrected chi connectivity index (χ0v) is 24.1. The van der Waals surface area contributed by atoms with Crippen LogP contribution in [0.25, 0.3) is 22.0 Å². The van der Waals surface area contributed by atoms with Crippen molar-refractivity contribution in [1.29, 1.82) is 0 Å². The summed E-state index contributed by atoms with van der Waals surface area (Å²) in [4.78, 5) is 35.5. The summed E-state index contributed by atoms with van der Waals surface area (Å²) in [6.07, 6.45) is 5.73. The van der Waals surface area contributed by atoms with E-state index in [-0.39, 0.29) is 23.3 Å². The van der Waals surface area contributed by atoms with Crippen LogP contribution in [-0.2, 0) is 19.6 Å². The van der Waals surface area contributed by atoms with Crippen molar-refractivity contribution in [3.8, 4) is 17.1 Å². The van der Waals surface area contributed by atoms with Crippen LogP contribution < -0.4 is 14.4 Å². The number of carbonyl (C=O) groups is 2. The summed E-state index contributed by atoms with van der Waals surface area (Å²) < 4.78 is 61.1. The average Bonchev–Trinajstić information content (AvgIpc) is 2.99. The van der Waals surface area contributed by atoms with Gasteiger partial charge in [-0.2, -0.15) is 0 Å². The van der Waals surface area contributed by atoms with E-state index in [0.29, 0.717) is 43.5 Å². The third-order valence-corrected chi connectivity index (χ3v) is 8.30. The minimum absolute atomic E-state index is 0.0538. The van der Waals surface area contributed by atoms with Crippen LogP contribution in [0.15, 0.2) is 78.0 Å². The first-order valence-electron chi connectivity index (χ1n) is 13.2. The van der Waals surface area contributed by atoms with Crippen LogP contribution >= 0.6 is 0 Å². The third kappa shape index (κ3) is 6.46. The van der Waals surface area contributed by atoms with Gasteiger partial charge in [0.1, 0.15) is 22.2 Å². The Morgan fingerprint density at radius 3 is 2.44 bits per heavy atom. The standard InChI is InChI=1S/C30H27F2N5O5S/c1-19(38)6-9-29(39)37-12-10-36(11-13-37)27-5-3-4-20-17-33-25(16-23(20)27)21-14-26(30(42-2)34-18-21)35-43(40,41)28-8-7-22(31)15-24(28)32/h3-9,14-18,35H,10-13H2,1-2H3/b9-6+. The summed E-state index contributed by atoms with van der Waals surface area (Å²) in [7, 11) is -3.14. The van der Waals surface area contributed by atoms with Gasteiger partial charge in [0.25, 0.3) is 10.0 Å². The van der Waals surface area contributed by atoms with Crippen molar-refractivity contribution in [1.82, 2.24) is 14.9 Å². The van der Waals surface area contributed by atoms with Crippen LogP contribution in [0.1, 0.15) is 6.92 Å². The van der Waals surface area contributed by atoms with Gasteiger partial charge in [-0.3, -0.25) is 19.3 Å².